The monoisotopic (exact) mass is 542 g/mol. The van der Waals surface area contributed by atoms with Gasteiger partial charge in [-0.2, -0.15) is 18.3 Å². The average molecular weight is 543 g/mol. The van der Waals surface area contributed by atoms with Crippen molar-refractivity contribution in [3.05, 3.63) is 73.5 Å². The molecule has 0 radical (unpaired) electrons. The molecule has 36 heavy (non-hydrogen) atoms. The van der Waals surface area contributed by atoms with Crippen molar-refractivity contribution in [2.45, 2.75) is 44.8 Å². The fourth-order valence-electron chi connectivity index (χ4n) is 3.62. The summed E-state index contributed by atoms with van der Waals surface area (Å²) >= 11 is 12.0. The lowest BCUT2D eigenvalue weighted by atomic mass is 10.2. The van der Waals surface area contributed by atoms with E-state index in [0.29, 0.717) is 23.6 Å². The molecule has 0 saturated heterocycles. The molecule has 0 bridgehead atoms. The third kappa shape index (κ3) is 5.90. The summed E-state index contributed by atoms with van der Waals surface area (Å²) in [6, 6.07) is 8.62. The zero-order chi connectivity index (χ0) is 26.2. The number of alkyl halides is 3. The number of nitrogens with one attached hydrogen (secondary N) is 1. The van der Waals surface area contributed by atoms with E-state index in [4.69, 9.17) is 27.9 Å². The van der Waals surface area contributed by atoms with Crippen LogP contribution in [0.15, 0.2) is 36.4 Å². The van der Waals surface area contributed by atoms with Gasteiger partial charge in [0.15, 0.2) is 5.69 Å². The van der Waals surface area contributed by atoms with Crippen molar-refractivity contribution in [2.75, 3.05) is 5.32 Å². The third-order valence-electron chi connectivity index (χ3n) is 5.47. The number of anilines is 1. The van der Waals surface area contributed by atoms with Gasteiger partial charge < -0.3 is 10.1 Å². The van der Waals surface area contributed by atoms with E-state index in [1.165, 1.54) is 12.1 Å². The van der Waals surface area contributed by atoms with E-state index < -0.39 is 27.7 Å². The molecule has 190 valence electrons. The van der Waals surface area contributed by atoms with Crippen molar-refractivity contribution in [3.63, 3.8) is 0 Å². The molecule has 1 saturated carbocycles. The number of non-ortho nitro benzene ring substituents is 1. The molecular weight excluding hydrogens is 524 g/mol. The van der Waals surface area contributed by atoms with Gasteiger partial charge in [-0.05, 0) is 43.5 Å². The molecule has 3 aromatic rings. The maximum Gasteiger partial charge on any atom is 0.436 e. The molecule has 4 rings (SSSR count). The van der Waals surface area contributed by atoms with E-state index in [1.807, 2.05) is 0 Å². The highest BCUT2D eigenvalue weighted by atomic mass is 35.5. The molecule has 0 aliphatic heterocycles. The molecule has 1 heterocycles. The first-order chi connectivity index (χ1) is 16.9. The lowest BCUT2D eigenvalue weighted by Crippen LogP contribution is -2.16. The predicted molar refractivity (Wildman–Crippen MR) is 127 cm³/mol. The number of hydrogen-bond acceptors (Lipinski definition) is 5. The standard InChI is InChI=1S/C23H19Cl2F3N4O4/c1-12-8-16(4-5-18(12)24)36-17-10-14(9-15(11-17)32(34)35)29-19(33)6-7-31-21(13-2-3-13)20(25)22(30-31)23(26,27)28/h4-5,8-11,13H,2-3,6-7H2,1H3,(H,29,33). The van der Waals surface area contributed by atoms with Gasteiger partial charge in [-0.1, -0.05) is 23.2 Å². The van der Waals surface area contributed by atoms with Crippen molar-refractivity contribution in [3.8, 4) is 11.5 Å². The van der Waals surface area contributed by atoms with E-state index in [1.54, 1.807) is 25.1 Å². The van der Waals surface area contributed by atoms with Gasteiger partial charge in [0.05, 0.1) is 33.9 Å². The summed E-state index contributed by atoms with van der Waals surface area (Å²) in [6.45, 7) is 1.63. The maximum atomic E-state index is 13.2. The number of carbonyl (C=O) groups is 1. The topological polar surface area (TPSA) is 99.3 Å². The minimum Gasteiger partial charge on any atom is -0.457 e. The summed E-state index contributed by atoms with van der Waals surface area (Å²) in [5, 5.41) is 17.6. The molecule has 8 nitrogen and oxygen atoms in total. The smallest absolute Gasteiger partial charge is 0.436 e. The number of hydrogen-bond donors (Lipinski definition) is 1. The van der Waals surface area contributed by atoms with Gasteiger partial charge >= 0.3 is 6.18 Å². The minimum absolute atomic E-state index is 0.0896. The van der Waals surface area contributed by atoms with Crippen molar-refractivity contribution >= 4 is 40.5 Å². The fourth-order valence-corrected chi connectivity index (χ4v) is 4.13. The number of amides is 1. The summed E-state index contributed by atoms with van der Waals surface area (Å²) in [5.41, 5.74) is -0.401. The number of halogens is 5. The number of nitro groups is 1. The van der Waals surface area contributed by atoms with E-state index >= 15 is 0 Å². The van der Waals surface area contributed by atoms with E-state index in [2.05, 4.69) is 10.4 Å². The van der Waals surface area contributed by atoms with Crippen LogP contribution in [0.4, 0.5) is 24.5 Å². The molecule has 13 heteroatoms. The Hall–Kier alpha value is -3.31. The predicted octanol–water partition coefficient (Wildman–Crippen LogP) is 7.12. The number of aromatic nitrogens is 2. The molecule has 1 aliphatic rings. The Labute approximate surface area is 213 Å². The van der Waals surface area contributed by atoms with Gasteiger partial charge in [0.25, 0.3) is 5.69 Å². The number of ether oxygens (including phenoxy) is 1. The van der Waals surface area contributed by atoms with Crippen LogP contribution in [0.25, 0.3) is 0 Å². The first kappa shape index (κ1) is 25.8. The van der Waals surface area contributed by atoms with Crippen molar-refractivity contribution in [1.29, 1.82) is 0 Å². The molecule has 0 spiro atoms. The Morgan fingerprint density at radius 2 is 1.94 bits per heavy atom. The molecule has 1 N–H and O–H groups in total. The minimum atomic E-state index is -4.71. The van der Waals surface area contributed by atoms with Crippen LogP contribution in [0.2, 0.25) is 10.0 Å². The molecule has 1 aliphatic carbocycles. The Morgan fingerprint density at radius 3 is 2.56 bits per heavy atom. The Morgan fingerprint density at radius 1 is 1.22 bits per heavy atom. The van der Waals surface area contributed by atoms with Crippen LogP contribution in [0.5, 0.6) is 11.5 Å². The first-order valence-corrected chi connectivity index (χ1v) is 11.5. The van der Waals surface area contributed by atoms with Crippen molar-refractivity contribution in [1.82, 2.24) is 9.78 Å². The highest BCUT2D eigenvalue weighted by Crippen LogP contribution is 2.47. The van der Waals surface area contributed by atoms with Gasteiger partial charge in [0, 0.05) is 29.5 Å². The lowest BCUT2D eigenvalue weighted by Gasteiger charge is -2.11. The number of benzene rings is 2. The summed E-state index contributed by atoms with van der Waals surface area (Å²) in [5.74, 6) is -0.216. The van der Waals surface area contributed by atoms with Crippen molar-refractivity contribution < 1.29 is 27.6 Å². The van der Waals surface area contributed by atoms with Gasteiger partial charge in [-0.25, -0.2) is 0 Å². The quantitative estimate of drug-likeness (QED) is 0.241. The highest BCUT2D eigenvalue weighted by molar-refractivity contribution is 6.32. The van der Waals surface area contributed by atoms with Crippen LogP contribution in [-0.4, -0.2) is 20.6 Å². The molecule has 1 fully saturated rings. The summed E-state index contributed by atoms with van der Waals surface area (Å²) in [4.78, 5) is 23.3. The Bertz CT molecular complexity index is 1340. The second-order valence-electron chi connectivity index (χ2n) is 8.33. The zero-order valence-electron chi connectivity index (χ0n) is 18.7. The number of carbonyl (C=O) groups excluding carboxylic acids is 1. The highest BCUT2D eigenvalue weighted by Gasteiger charge is 2.42. The van der Waals surface area contributed by atoms with Gasteiger partial charge in [0.2, 0.25) is 5.91 Å². The third-order valence-corrected chi connectivity index (χ3v) is 6.26. The molecule has 1 aromatic heterocycles. The number of aryl methyl sites for hydroxylation is 2. The molecule has 2 aromatic carbocycles. The van der Waals surface area contributed by atoms with Crippen molar-refractivity contribution in [2.24, 2.45) is 0 Å². The van der Waals surface area contributed by atoms with Gasteiger partial charge in [-0.15, -0.1) is 0 Å². The second-order valence-corrected chi connectivity index (χ2v) is 9.11. The fraction of sp³-hybridized carbons (Fsp3) is 0.304. The normalized spacial score (nSPS) is 13.5. The molecule has 0 atom stereocenters. The summed E-state index contributed by atoms with van der Waals surface area (Å²) < 4.78 is 46.5. The van der Waals surface area contributed by atoms with Crippen LogP contribution in [0.3, 0.4) is 0 Å². The lowest BCUT2D eigenvalue weighted by molar-refractivity contribution is -0.384. The molecular formula is C23H19Cl2F3N4O4. The van der Waals surface area contributed by atoms with Crippen LogP contribution in [-0.2, 0) is 17.5 Å². The van der Waals surface area contributed by atoms with Crippen LogP contribution in [0, 0.1) is 17.0 Å². The molecule has 1 amide bonds. The maximum absolute atomic E-state index is 13.2. The number of nitrogens with zero attached hydrogens (tertiary/aromatic N) is 3. The molecule has 0 unspecified atom stereocenters. The van der Waals surface area contributed by atoms with E-state index in [0.717, 1.165) is 16.3 Å². The SMILES string of the molecule is Cc1cc(Oc2cc(NC(=O)CCn3nc(C(F)(F)F)c(Cl)c3C3CC3)cc([N+](=O)[O-])c2)ccc1Cl. The van der Waals surface area contributed by atoms with Gasteiger partial charge in [-0.3, -0.25) is 19.6 Å². The zero-order valence-corrected chi connectivity index (χ0v) is 20.2. The summed E-state index contributed by atoms with van der Waals surface area (Å²) in [7, 11) is 0. The van der Waals surface area contributed by atoms with Crippen LogP contribution in [0.1, 0.15) is 42.1 Å². The average Bonchev–Trinajstić information content (AvgIpc) is 3.56. The van der Waals surface area contributed by atoms with Crippen LogP contribution >= 0.6 is 23.2 Å². The second kappa shape index (κ2) is 9.98. The number of nitro benzene ring substituents is 1. The van der Waals surface area contributed by atoms with E-state index in [9.17, 15) is 28.1 Å². The summed E-state index contributed by atoms with van der Waals surface area (Å²) in [6.07, 6.45) is -3.56. The van der Waals surface area contributed by atoms with E-state index in [-0.39, 0.29) is 41.7 Å². The largest absolute Gasteiger partial charge is 0.457 e. The number of rotatable bonds is 8. The first-order valence-electron chi connectivity index (χ1n) is 10.8. The Balaban J connectivity index is 1.50. The van der Waals surface area contributed by atoms with Crippen LogP contribution < -0.4 is 10.1 Å². The van der Waals surface area contributed by atoms with Gasteiger partial charge in [0.1, 0.15) is 11.5 Å². The Kier molecular flexibility index (Phi) is 7.14.